The van der Waals surface area contributed by atoms with Crippen molar-refractivity contribution in [2.24, 2.45) is 0 Å². The van der Waals surface area contributed by atoms with Crippen LogP contribution in [0.1, 0.15) is 6.92 Å². The number of nitrogens with zero attached hydrogens (tertiary/aromatic N) is 5. The Morgan fingerprint density at radius 2 is 1.87 bits per heavy atom. The summed E-state index contributed by atoms with van der Waals surface area (Å²) < 4.78 is 1.75. The van der Waals surface area contributed by atoms with Gasteiger partial charge in [-0.2, -0.15) is 5.10 Å². The summed E-state index contributed by atoms with van der Waals surface area (Å²) in [6.07, 6.45) is 3.19. The van der Waals surface area contributed by atoms with Crippen LogP contribution in [0.4, 0.5) is 11.4 Å². The normalized spacial score (nSPS) is 14.2. The third-order valence-electron chi connectivity index (χ3n) is 5.00. The number of benzene rings is 2. The van der Waals surface area contributed by atoms with Crippen molar-refractivity contribution in [2.75, 3.05) is 16.8 Å². The predicted molar refractivity (Wildman–Crippen MR) is 119 cm³/mol. The Kier molecular flexibility index (Phi) is 4.87. The smallest absolute Gasteiger partial charge is 0.244 e. The molecule has 0 aliphatic carbocycles. The van der Waals surface area contributed by atoms with Crippen molar-refractivity contribution in [3.05, 3.63) is 67.1 Å². The maximum absolute atomic E-state index is 13.2. The van der Waals surface area contributed by atoms with Gasteiger partial charge in [-0.3, -0.25) is 14.5 Å². The Bertz CT molecular complexity index is 1290. The molecule has 3 heterocycles. The number of carbonyl (C=O) groups excluding carboxylic acids is 2. The number of para-hydroxylation sites is 3. The van der Waals surface area contributed by atoms with Crippen LogP contribution in [0.15, 0.2) is 72.1 Å². The Balaban J connectivity index is 1.43. The third-order valence-corrected chi connectivity index (χ3v) is 6.11. The van der Waals surface area contributed by atoms with Gasteiger partial charge in [0.25, 0.3) is 0 Å². The summed E-state index contributed by atoms with van der Waals surface area (Å²) in [6.45, 7) is 1.81. The fourth-order valence-electron chi connectivity index (χ4n) is 3.54. The molecule has 2 aromatic carbocycles. The van der Waals surface area contributed by atoms with Crippen LogP contribution in [-0.4, -0.2) is 43.4 Å². The van der Waals surface area contributed by atoms with E-state index < -0.39 is 5.25 Å². The Labute approximate surface area is 182 Å². The second-order valence-electron chi connectivity index (χ2n) is 7.06. The number of hydrogen-bond acceptors (Lipinski definition) is 6. The maximum Gasteiger partial charge on any atom is 0.244 e. The van der Waals surface area contributed by atoms with Gasteiger partial charge in [-0.15, -0.1) is 0 Å². The van der Waals surface area contributed by atoms with Gasteiger partial charge in [0.1, 0.15) is 17.9 Å². The van der Waals surface area contributed by atoms with Gasteiger partial charge in [0.2, 0.25) is 11.8 Å². The quantitative estimate of drug-likeness (QED) is 0.395. The Morgan fingerprint density at radius 1 is 1.10 bits per heavy atom. The monoisotopic (exact) mass is 430 g/mol. The third kappa shape index (κ3) is 3.53. The van der Waals surface area contributed by atoms with E-state index in [1.807, 2.05) is 55.5 Å². The number of anilines is 2. The molecule has 2 aromatic heterocycles. The van der Waals surface area contributed by atoms with E-state index in [-0.39, 0.29) is 18.4 Å². The second-order valence-corrected chi connectivity index (χ2v) is 8.39. The van der Waals surface area contributed by atoms with Crippen LogP contribution in [0.3, 0.4) is 0 Å². The molecule has 1 N–H and O–H groups in total. The zero-order chi connectivity index (χ0) is 21.4. The molecule has 8 nitrogen and oxygen atoms in total. The first-order chi connectivity index (χ1) is 15.1. The number of rotatable bonds is 4. The summed E-state index contributed by atoms with van der Waals surface area (Å²) in [5.41, 5.74) is 2.90. The molecular formula is C22H18N6O2S. The molecule has 0 bridgehead atoms. The lowest BCUT2D eigenvalue weighted by Gasteiger charge is -2.30. The molecule has 2 amide bonds. The first-order valence-electron chi connectivity index (χ1n) is 9.73. The number of amides is 2. The number of aromatic nitrogens is 4. The highest BCUT2D eigenvalue weighted by molar-refractivity contribution is 8.00. The molecule has 1 atom stereocenters. The molecule has 1 aliphatic rings. The van der Waals surface area contributed by atoms with Crippen molar-refractivity contribution in [1.82, 2.24) is 19.7 Å². The summed E-state index contributed by atoms with van der Waals surface area (Å²) in [7, 11) is 0. The molecule has 31 heavy (non-hydrogen) atoms. The van der Waals surface area contributed by atoms with Gasteiger partial charge in [-0.05, 0) is 31.2 Å². The number of fused-ring (bicyclic) bond motifs is 2. The van der Waals surface area contributed by atoms with Crippen molar-refractivity contribution >= 4 is 46.0 Å². The van der Waals surface area contributed by atoms with Gasteiger partial charge in [-0.25, -0.2) is 14.6 Å². The molecule has 0 unspecified atom stereocenters. The van der Waals surface area contributed by atoms with Crippen LogP contribution in [0, 0.1) is 0 Å². The van der Waals surface area contributed by atoms with Crippen molar-refractivity contribution < 1.29 is 9.59 Å². The van der Waals surface area contributed by atoms with Crippen LogP contribution >= 0.6 is 11.8 Å². The molecule has 0 radical (unpaired) electrons. The van der Waals surface area contributed by atoms with E-state index in [9.17, 15) is 9.59 Å². The summed E-state index contributed by atoms with van der Waals surface area (Å²) >= 11 is 1.33. The lowest BCUT2D eigenvalue weighted by molar-refractivity contribution is -0.121. The van der Waals surface area contributed by atoms with E-state index in [1.54, 1.807) is 16.9 Å². The van der Waals surface area contributed by atoms with Gasteiger partial charge in [0, 0.05) is 0 Å². The van der Waals surface area contributed by atoms with Crippen LogP contribution < -0.4 is 10.2 Å². The number of nitrogens with one attached hydrogen (secondary N) is 1. The Morgan fingerprint density at radius 3 is 2.71 bits per heavy atom. The lowest BCUT2D eigenvalue weighted by Crippen LogP contribution is -2.45. The molecule has 9 heteroatoms. The fourth-order valence-corrected chi connectivity index (χ4v) is 4.48. The zero-order valence-electron chi connectivity index (χ0n) is 16.6. The molecule has 1 aliphatic heterocycles. The van der Waals surface area contributed by atoms with E-state index in [0.29, 0.717) is 22.0 Å². The van der Waals surface area contributed by atoms with Crippen molar-refractivity contribution in [1.29, 1.82) is 0 Å². The van der Waals surface area contributed by atoms with E-state index in [4.69, 9.17) is 0 Å². The highest BCUT2D eigenvalue weighted by Gasteiger charge is 2.30. The van der Waals surface area contributed by atoms with E-state index in [1.165, 1.54) is 23.0 Å². The molecule has 154 valence electrons. The van der Waals surface area contributed by atoms with Crippen LogP contribution in [0.25, 0.3) is 16.7 Å². The summed E-state index contributed by atoms with van der Waals surface area (Å²) in [6, 6.07) is 17.0. The standard InChI is InChI=1S/C22H18N6O2S/c1-14(22(30)27-12-19(29)26-17-9-5-6-10-18(17)27)31-21-16-11-25-28(20(16)23-13-24-21)15-7-3-2-4-8-15/h2-11,13-14H,12H2,1H3,(H,26,29)/t14-/m0/s1. The van der Waals surface area contributed by atoms with Gasteiger partial charge in [0.05, 0.1) is 33.9 Å². The van der Waals surface area contributed by atoms with Crippen molar-refractivity contribution in [3.63, 3.8) is 0 Å². The molecular weight excluding hydrogens is 412 g/mol. The summed E-state index contributed by atoms with van der Waals surface area (Å²) in [4.78, 5) is 35.6. The van der Waals surface area contributed by atoms with Gasteiger partial charge in [0.15, 0.2) is 5.65 Å². The van der Waals surface area contributed by atoms with Crippen LogP contribution in [-0.2, 0) is 9.59 Å². The van der Waals surface area contributed by atoms with E-state index in [0.717, 1.165) is 11.1 Å². The minimum Gasteiger partial charge on any atom is -0.323 e. The average molecular weight is 430 g/mol. The Hall–Kier alpha value is -3.72. The summed E-state index contributed by atoms with van der Waals surface area (Å²) in [5, 5.41) is 8.24. The van der Waals surface area contributed by atoms with E-state index >= 15 is 0 Å². The van der Waals surface area contributed by atoms with Crippen LogP contribution in [0.5, 0.6) is 0 Å². The molecule has 0 fully saturated rings. The summed E-state index contributed by atoms with van der Waals surface area (Å²) in [5.74, 6) is -0.368. The number of thioether (sulfide) groups is 1. The topological polar surface area (TPSA) is 93.0 Å². The number of hydrogen-bond donors (Lipinski definition) is 1. The molecule has 0 spiro atoms. The first kappa shape index (κ1) is 19.3. The van der Waals surface area contributed by atoms with Crippen molar-refractivity contribution in [2.45, 2.75) is 17.2 Å². The molecule has 5 rings (SSSR count). The average Bonchev–Trinajstić information content (AvgIpc) is 3.24. The second kappa shape index (κ2) is 7.84. The fraction of sp³-hybridized carbons (Fsp3) is 0.136. The number of carbonyl (C=O) groups is 2. The largest absolute Gasteiger partial charge is 0.323 e. The van der Waals surface area contributed by atoms with Crippen LogP contribution in [0.2, 0.25) is 0 Å². The van der Waals surface area contributed by atoms with Gasteiger partial charge in [-0.1, -0.05) is 42.1 Å². The predicted octanol–water partition coefficient (Wildman–Crippen LogP) is 3.28. The lowest BCUT2D eigenvalue weighted by atomic mass is 10.2. The molecule has 0 saturated heterocycles. The zero-order valence-corrected chi connectivity index (χ0v) is 17.4. The minimum absolute atomic E-state index is 0.00806. The highest BCUT2D eigenvalue weighted by atomic mass is 32.2. The van der Waals surface area contributed by atoms with Gasteiger partial charge >= 0.3 is 0 Å². The highest BCUT2D eigenvalue weighted by Crippen LogP contribution is 2.33. The maximum atomic E-state index is 13.2. The SMILES string of the molecule is C[C@H](Sc1ncnc2c1cnn2-c1ccccc1)C(=O)N1CC(=O)Nc2ccccc21. The van der Waals surface area contributed by atoms with Gasteiger partial charge < -0.3 is 5.32 Å². The van der Waals surface area contributed by atoms with E-state index in [2.05, 4.69) is 20.4 Å². The molecule has 4 aromatic rings. The minimum atomic E-state index is -0.461. The first-order valence-corrected chi connectivity index (χ1v) is 10.6. The van der Waals surface area contributed by atoms with Crippen molar-refractivity contribution in [3.8, 4) is 5.69 Å². The molecule has 0 saturated carbocycles.